The Labute approximate surface area is 374 Å². The van der Waals surface area contributed by atoms with Crippen molar-refractivity contribution in [1.82, 2.24) is 20.1 Å². The Morgan fingerprint density at radius 3 is 2.29 bits per heavy atom. The molecule has 6 rings (SSSR count). The van der Waals surface area contributed by atoms with E-state index in [9.17, 15) is 38.6 Å². The number of nitrogens with one attached hydrogen (secondary N) is 2. The lowest BCUT2D eigenvalue weighted by atomic mass is 9.91. The second kappa shape index (κ2) is 21.8. The maximum Gasteiger partial charge on any atom is 0.404 e. The first-order valence-electron chi connectivity index (χ1n) is 20.3. The van der Waals surface area contributed by atoms with Gasteiger partial charge in [-0.1, -0.05) is 42.4 Å². The van der Waals surface area contributed by atoms with Gasteiger partial charge in [0.05, 0.1) is 30.1 Å². The number of pyridine rings is 1. The van der Waals surface area contributed by atoms with E-state index >= 15 is 8.78 Å². The summed E-state index contributed by atoms with van der Waals surface area (Å²) in [6.07, 6.45) is 4.94. The average molecular weight is 952 g/mol. The third kappa shape index (κ3) is 11.5. The largest absolute Gasteiger partial charge is 0.404 e. The van der Waals surface area contributed by atoms with Crippen LogP contribution in [0.5, 0.6) is 0 Å². The van der Waals surface area contributed by atoms with E-state index in [4.69, 9.17) is 18.5 Å². The molecule has 0 aliphatic carbocycles. The molecule has 0 radical (unpaired) electrons. The first-order chi connectivity index (χ1) is 30.2. The van der Waals surface area contributed by atoms with Crippen LogP contribution in [0.25, 0.3) is 10.1 Å². The van der Waals surface area contributed by atoms with Crippen molar-refractivity contribution in [1.29, 1.82) is 5.26 Å². The number of thiophene rings is 1. The first kappa shape index (κ1) is 48.5. The normalized spacial score (nSPS) is 21.8. The van der Waals surface area contributed by atoms with Gasteiger partial charge in [0, 0.05) is 73.3 Å². The fourth-order valence-electron chi connectivity index (χ4n) is 8.14. The number of benzene rings is 1. The lowest BCUT2D eigenvalue weighted by molar-refractivity contribution is -0.146. The van der Waals surface area contributed by atoms with E-state index < -0.39 is 61.9 Å². The molecule has 3 aliphatic rings. The number of nitrogens with zero attached hydrogens (tertiary/aromatic N) is 3. The summed E-state index contributed by atoms with van der Waals surface area (Å²) in [4.78, 5) is 83.9. The van der Waals surface area contributed by atoms with Crippen LogP contribution in [-0.2, 0) is 47.9 Å². The lowest BCUT2D eigenvalue weighted by Crippen LogP contribution is -2.56. The zero-order valence-corrected chi connectivity index (χ0v) is 37.9. The molecule has 22 heteroatoms. The number of aromatic nitrogens is 1. The van der Waals surface area contributed by atoms with Gasteiger partial charge in [-0.2, -0.15) is 14.0 Å². The van der Waals surface area contributed by atoms with Crippen LogP contribution < -0.4 is 10.9 Å². The predicted molar refractivity (Wildman–Crippen MR) is 233 cm³/mol. The molecule has 3 saturated heterocycles. The summed E-state index contributed by atoms with van der Waals surface area (Å²) < 4.78 is 66.9. The standard InChI is InChI=1S/C41H48F2N5O11PS3/c1-56-23-36(50)61-15-13-58-60(55,59-14-16-62-37(51)24-57-2)41(42,43)28-7-10-33-26(17-28)18-34(63-33)38(52)46-31-6-4-3-5-29-8-9-32(48(29)39(31)53)40(54)47-21-27(20-44)30(22-47)25-11-12-45-35(49)19-25/h7,10-12,17-19,27,29-32H,3-6,8-9,13-16,21-24H2,1-2H3,(H,45,49)(H,46,52)/t27-,29-,30+,31-,32-/m0/s1. The number of aromatic amines is 1. The first-order valence-corrected chi connectivity index (χ1v) is 24.6. The van der Waals surface area contributed by atoms with Crippen molar-refractivity contribution in [2.75, 3.05) is 65.2 Å². The number of H-pyrrole nitrogens is 1. The van der Waals surface area contributed by atoms with E-state index in [0.717, 1.165) is 53.4 Å². The number of alkyl halides is 2. The summed E-state index contributed by atoms with van der Waals surface area (Å²) in [5.41, 5.74) is -4.58. The summed E-state index contributed by atoms with van der Waals surface area (Å²) in [5.74, 6) is -2.44. The van der Waals surface area contributed by atoms with E-state index in [0.29, 0.717) is 42.4 Å². The molecule has 3 fully saturated rings. The number of nitriles is 1. The summed E-state index contributed by atoms with van der Waals surface area (Å²) in [6.45, 7) is -1.12. The van der Waals surface area contributed by atoms with Crippen molar-refractivity contribution >= 4 is 80.5 Å². The minimum Gasteiger partial charge on any atom is -0.376 e. The number of ether oxygens (including phenoxy) is 2. The molecule has 0 saturated carbocycles. The number of thioether (sulfide) groups is 2. The number of rotatable bonds is 18. The molecule has 3 aromatic rings. The highest BCUT2D eigenvalue weighted by Gasteiger charge is 2.55. The number of carbonyl (C=O) groups is 5. The minimum absolute atomic E-state index is 0.117. The molecule has 340 valence electrons. The second-order valence-electron chi connectivity index (χ2n) is 15.2. The van der Waals surface area contributed by atoms with E-state index in [1.165, 1.54) is 38.6 Å². The quantitative estimate of drug-likeness (QED) is 0.120. The monoisotopic (exact) mass is 951 g/mol. The van der Waals surface area contributed by atoms with Crippen molar-refractivity contribution in [2.45, 2.75) is 68.2 Å². The number of likely N-dealkylation sites (tertiary alicyclic amines) is 1. The maximum absolute atomic E-state index is 16.3. The van der Waals surface area contributed by atoms with Crippen LogP contribution in [0.15, 0.2) is 47.4 Å². The fourth-order valence-corrected chi connectivity index (χ4v) is 12.0. The smallest absolute Gasteiger partial charge is 0.376 e. The molecule has 3 aliphatic heterocycles. The summed E-state index contributed by atoms with van der Waals surface area (Å²) in [7, 11) is -2.64. The number of halogens is 2. The highest BCUT2D eigenvalue weighted by Crippen LogP contribution is 2.67. The van der Waals surface area contributed by atoms with E-state index in [-0.39, 0.29) is 81.7 Å². The van der Waals surface area contributed by atoms with Gasteiger partial charge in [0.2, 0.25) is 27.6 Å². The van der Waals surface area contributed by atoms with Crippen molar-refractivity contribution < 1.29 is 55.8 Å². The lowest BCUT2D eigenvalue weighted by Gasteiger charge is -2.36. The Balaban J connectivity index is 1.16. The number of carbonyl (C=O) groups excluding carboxylic acids is 5. The van der Waals surface area contributed by atoms with Crippen molar-refractivity contribution in [3.8, 4) is 6.07 Å². The Morgan fingerprint density at radius 1 is 0.952 bits per heavy atom. The summed E-state index contributed by atoms with van der Waals surface area (Å²) in [6, 6.07) is 8.32. The molecular weight excluding hydrogens is 904 g/mol. The van der Waals surface area contributed by atoms with Crippen LogP contribution in [0, 0.1) is 17.2 Å². The number of hydrogen-bond donors (Lipinski definition) is 2. The zero-order chi connectivity index (χ0) is 45.3. The van der Waals surface area contributed by atoms with Crippen LogP contribution in [0.3, 0.4) is 0 Å². The van der Waals surface area contributed by atoms with Gasteiger partial charge in [0.1, 0.15) is 25.3 Å². The topological polar surface area (TPSA) is 214 Å². The summed E-state index contributed by atoms with van der Waals surface area (Å²) in [5, 5.41) is 12.2. The van der Waals surface area contributed by atoms with E-state index in [1.54, 1.807) is 15.9 Å². The summed E-state index contributed by atoms with van der Waals surface area (Å²) >= 11 is 2.51. The third-order valence-electron chi connectivity index (χ3n) is 11.1. The predicted octanol–water partition coefficient (Wildman–Crippen LogP) is 5.48. The van der Waals surface area contributed by atoms with Gasteiger partial charge in [-0.25, -0.2) is 0 Å². The highest BCUT2D eigenvalue weighted by atomic mass is 32.2. The minimum atomic E-state index is -5.29. The van der Waals surface area contributed by atoms with Gasteiger partial charge in [0.25, 0.3) is 5.91 Å². The molecule has 0 unspecified atom stereocenters. The number of hydrogen-bond acceptors (Lipinski definition) is 15. The van der Waals surface area contributed by atoms with Gasteiger partial charge in [-0.05, 0) is 60.9 Å². The van der Waals surface area contributed by atoms with Crippen molar-refractivity contribution in [2.24, 2.45) is 5.92 Å². The van der Waals surface area contributed by atoms with Crippen molar-refractivity contribution in [3.05, 3.63) is 69.0 Å². The van der Waals surface area contributed by atoms with Crippen LogP contribution in [0.2, 0.25) is 0 Å². The van der Waals surface area contributed by atoms with Gasteiger partial charge in [-0.3, -0.25) is 33.3 Å². The van der Waals surface area contributed by atoms with Gasteiger partial charge in [0.15, 0.2) is 0 Å². The zero-order valence-electron chi connectivity index (χ0n) is 34.6. The number of fused-ring (bicyclic) bond motifs is 2. The van der Waals surface area contributed by atoms with Crippen LogP contribution in [0.1, 0.15) is 65.2 Å². The molecule has 16 nitrogen and oxygen atoms in total. The number of methoxy groups -OCH3 is 2. The highest BCUT2D eigenvalue weighted by molar-refractivity contribution is 8.14. The third-order valence-corrected chi connectivity index (χ3v) is 15.8. The Bertz CT molecular complexity index is 2300. The molecule has 2 aromatic heterocycles. The average Bonchev–Trinajstić information content (AvgIpc) is 4.01. The Morgan fingerprint density at radius 2 is 1.63 bits per heavy atom. The van der Waals surface area contributed by atoms with E-state index in [1.807, 2.05) is 0 Å². The molecule has 5 atom stereocenters. The molecule has 0 spiro atoms. The Hall–Kier alpha value is -4.00. The SMILES string of the molecule is COCC(=O)SCCOP(=O)(OCCSC(=O)COC)C(F)(F)c1ccc2sc(C(=O)N[C@H]3CCCC[C@H]4CC[C@@H](C(=O)N5C[C@H](c6cc[nH]c(=O)c6)[C@@H](C#N)C5)N4C3=O)cc2c1. The molecule has 5 heterocycles. The molecule has 2 N–H and O–H groups in total. The molecule has 0 bridgehead atoms. The molecular formula is C41H48F2N5O11PS3. The number of amides is 3. The van der Waals surface area contributed by atoms with Crippen molar-refractivity contribution in [3.63, 3.8) is 0 Å². The fraction of sp³-hybridized carbons (Fsp3) is 0.537. The van der Waals surface area contributed by atoms with E-state index in [2.05, 4.69) is 16.4 Å². The Kier molecular flexibility index (Phi) is 16.8. The van der Waals surface area contributed by atoms with Crippen LogP contribution in [-0.4, -0.2) is 126 Å². The van der Waals surface area contributed by atoms with Gasteiger partial charge in [-0.15, -0.1) is 11.3 Å². The molecule has 3 amide bonds. The van der Waals surface area contributed by atoms with Crippen LogP contribution in [0.4, 0.5) is 8.78 Å². The maximum atomic E-state index is 16.3. The molecule has 63 heavy (non-hydrogen) atoms. The van der Waals surface area contributed by atoms with Crippen LogP contribution >= 0.6 is 42.5 Å². The second-order valence-corrected chi connectivity index (χ2v) is 20.7. The van der Waals surface area contributed by atoms with Gasteiger partial charge >= 0.3 is 13.3 Å². The van der Waals surface area contributed by atoms with Gasteiger partial charge < -0.3 is 38.6 Å². The molecule has 1 aromatic carbocycles.